The number of alkyl halides is 3. The third-order valence-electron chi connectivity index (χ3n) is 2.70. The molecule has 21 heavy (non-hydrogen) atoms. The molecule has 1 aromatic rings. The van der Waals surface area contributed by atoms with Gasteiger partial charge in [-0.1, -0.05) is 13.0 Å². The van der Waals surface area contributed by atoms with Crippen LogP contribution in [-0.2, 0) is 6.18 Å². The van der Waals surface area contributed by atoms with E-state index in [9.17, 15) is 13.2 Å². The van der Waals surface area contributed by atoms with Crippen molar-refractivity contribution < 1.29 is 13.2 Å². The summed E-state index contributed by atoms with van der Waals surface area (Å²) in [5, 5.41) is 12.0. The molecule has 0 aliphatic heterocycles. The molecule has 0 radical (unpaired) electrons. The van der Waals surface area contributed by atoms with Crippen molar-refractivity contribution in [1.82, 2.24) is 5.32 Å². The zero-order valence-electron chi connectivity index (χ0n) is 11.6. The molecular formula is C14H16F3N3S. The lowest BCUT2D eigenvalue weighted by atomic mass is 10.2. The van der Waals surface area contributed by atoms with Crippen LogP contribution in [0.2, 0.25) is 0 Å². The minimum Gasteiger partial charge on any atom is -0.362 e. The number of halogens is 3. The first kappa shape index (κ1) is 17.2. The second kappa shape index (κ2) is 7.84. The van der Waals surface area contributed by atoms with Gasteiger partial charge in [0.2, 0.25) is 0 Å². The van der Waals surface area contributed by atoms with Crippen LogP contribution in [0.4, 0.5) is 18.9 Å². The Labute approximate surface area is 127 Å². The number of thiocarbonyl (C=S) groups is 1. The summed E-state index contributed by atoms with van der Waals surface area (Å²) in [6, 6.07) is 6.90. The molecule has 0 saturated heterocycles. The van der Waals surface area contributed by atoms with Crippen LogP contribution in [0, 0.1) is 11.3 Å². The van der Waals surface area contributed by atoms with Crippen molar-refractivity contribution in [3.63, 3.8) is 0 Å². The van der Waals surface area contributed by atoms with Gasteiger partial charge in [-0.2, -0.15) is 18.4 Å². The lowest BCUT2D eigenvalue weighted by Gasteiger charge is -2.25. The summed E-state index contributed by atoms with van der Waals surface area (Å²) in [6.07, 6.45) is -3.39. The van der Waals surface area contributed by atoms with Gasteiger partial charge in [0.05, 0.1) is 18.1 Å². The Morgan fingerprint density at radius 2 is 2.14 bits per heavy atom. The van der Waals surface area contributed by atoms with E-state index in [4.69, 9.17) is 17.5 Å². The molecule has 1 rings (SSSR count). The molecule has 0 aromatic heterocycles. The monoisotopic (exact) mass is 315 g/mol. The number of nitrogens with zero attached hydrogens (tertiary/aromatic N) is 2. The number of hydrogen-bond donors (Lipinski definition) is 1. The summed E-state index contributed by atoms with van der Waals surface area (Å²) >= 11 is 5.20. The molecule has 1 aromatic carbocycles. The molecule has 0 atom stereocenters. The van der Waals surface area contributed by atoms with Gasteiger partial charge in [-0.3, -0.25) is 0 Å². The number of benzene rings is 1. The maximum atomic E-state index is 12.8. The summed E-state index contributed by atoms with van der Waals surface area (Å²) in [5.41, 5.74) is -0.408. The molecular weight excluding hydrogens is 299 g/mol. The Hall–Kier alpha value is -1.81. The van der Waals surface area contributed by atoms with Crippen LogP contribution in [0.15, 0.2) is 24.3 Å². The molecule has 114 valence electrons. The van der Waals surface area contributed by atoms with Gasteiger partial charge >= 0.3 is 6.18 Å². The van der Waals surface area contributed by atoms with E-state index >= 15 is 0 Å². The fourth-order valence-corrected chi connectivity index (χ4v) is 1.99. The Balaban J connectivity index is 3.03. The van der Waals surface area contributed by atoms with Crippen molar-refractivity contribution in [3.8, 4) is 6.07 Å². The molecule has 0 amide bonds. The second-order valence-corrected chi connectivity index (χ2v) is 4.73. The van der Waals surface area contributed by atoms with Crippen LogP contribution >= 0.6 is 12.2 Å². The Bertz CT molecular complexity index is 523. The van der Waals surface area contributed by atoms with Crippen LogP contribution in [-0.4, -0.2) is 18.2 Å². The molecule has 3 nitrogen and oxygen atoms in total. The normalized spacial score (nSPS) is 10.8. The first-order chi connectivity index (χ1) is 9.90. The third-order valence-corrected chi connectivity index (χ3v) is 3.07. The molecule has 0 fully saturated rings. The number of nitriles is 1. The fourth-order valence-electron chi connectivity index (χ4n) is 1.69. The Morgan fingerprint density at radius 1 is 1.43 bits per heavy atom. The Kier molecular flexibility index (Phi) is 6.43. The van der Waals surface area contributed by atoms with Gasteiger partial charge < -0.3 is 10.2 Å². The van der Waals surface area contributed by atoms with Gasteiger partial charge in [0.25, 0.3) is 0 Å². The fraction of sp³-hybridized carbons (Fsp3) is 0.429. The topological polar surface area (TPSA) is 39.1 Å². The van der Waals surface area contributed by atoms with Crippen LogP contribution < -0.4 is 10.2 Å². The van der Waals surface area contributed by atoms with Crippen LogP contribution in [0.1, 0.15) is 25.3 Å². The predicted octanol–water partition coefficient (Wildman–Crippen LogP) is 3.71. The van der Waals surface area contributed by atoms with Gasteiger partial charge in [0.1, 0.15) is 0 Å². The minimum absolute atomic E-state index is 0.171. The second-order valence-electron chi connectivity index (χ2n) is 4.34. The molecule has 0 bridgehead atoms. The first-order valence-electron chi connectivity index (χ1n) is 6.49. The van der Waals surface area contributed by atoms with E-state index in [1.165, 1.54) is 11.0 Å². The molecule has 0 spiro atoms. The van der Waals surface area contributed by atoms with Crippen molar-refractivity contribution in [2.24, 2.45) is 0 Å². The average molecular weight is 315 g/mol. The van der Waals surface area contributed by atoms with E-state index < -0.39 is 11.7 Å². The summed E-state index contributed by atoms with van der Waals surface area (Å²) in [4.78, 5) is 1.52. The molecule has 0 aliphatic carbocycles. The van der Waals surface area contributed by atoms with Crippen LogP contribution in [0.3, 0.4) is 0 Å². The summed E-state index contributed by atoms with van der Waals surface area (Å²) in [5.74, 6) is 0. The Morgan fingerprint density at radius 3 is 2.71 bits per heavy atom. The van der Waals surface area contributed by atoms with Gasteiger partial charge in [-0.25, -0.2) is 0 Å². The standard InChI is InChI=1S/C14H16F3N3S/c1-2-8-19-13(21)20(9-4-7-18)12-6-3-5-11(10-12)14(15,16)17/h3,5-6,10H,2,4,8-9H2,1H3,(H,19,21). The zero-order valence-corrected chi connectivity index (χ0v) is 12.4. The number of rotatable bonds is 5. The predicted molar refractivity (Wildman–Crippen MR) is 79.9 cm³/mol. The molecule has 7 heteroatoms. The van der Waals surface area contributed by atoms with Crippen LogP contribution in [0.5, 0.6) is 0 Å². The molecule has 0 unspecified atom stereocenters. The van der Waals surface area contributed by atoms with E-state index in [2.05, 4.69) is 5.32 Å². The van der Waals surface area contributed by atoms with E-state index in [0.717, 1.165) is 18.6 Å². The smallest absolute Gasteiger partial charge is 0.362 e. The van der Waals surface area contributed by atoms with Crippen molar-refractivity contribution >= 4 is 23.0 Å². The SMILES string of the molecule is CCCNC(=S)N(CCC#N)c1cccc(C(F)(F)F)c1. The highest BCUT2D eigenvalue weighted by molar-refractivity contribution is 7.80. The summed E-state index contributed by atoms with van der Waals surface area (Å²) in [6.45, 7) is 2.83. The van der Waals surface area contributed by atoms with Crippen molar-refractivity contribution in [2.45, 2.75) is 25.9 Å². The van der Waals surface area contributed by atoms with Gasteiger partial charge in [-0.05, 0) is 36.8 Å². The first-order valence-corrected chi connectivity index (χ1v) is 6.90. The minimum atomic E-state index is -4.41. The maximum absolute atomic E-state index is 12.8. The molecule has 0 aliphatic rings. The van der Waals surface area contributed by atoms with Gasteiger partial charge in [0, 0.05) is 18.8 Å². The summed E-state index contributed by atoms with van der Waals surface area (Å²) < 4.78 is 38.3. The number of anilines is 1. The van der Waals surface area contributed by atoms with E-state index in [1.807, 2.05) is 13.0 Å². The highest BCUT2D eigenvalue weighted by Crippen LogP contribution is 2.31. The molecule has 1 N–H and O–H groups in total. The van der Waals surface area contributed by atoms with Crippen molar-refractivity contribution in [3.05, 3.63) is 29.8 Å². The zero-order chi connectivity index (χ0) is 15.9. The molecule has 0 heterocycles. The van der Waals surface area contributed by atoms with E-state index in [0.29, 0.717) is 17.3 Å². The quantitative estimate of drug-likeness (QED) is 0.841. The lowest BCUT2D eigenvalue weighted by Crippen LogP contribution is -2.40. The van der Waals surface area contributed by atoms with E-state index in [-0.39, 0.29) is 13.0 Å². The third kappa shape index (κ3) is 5.23. The maximum Gasteiger partial charge on any atom is 0.416 e. The number of hydrogen-bond acceptors (Lipinski definition) is 2. The van der Waals surface area contributed by atoms with Gasteiger partial charge in [-0.15, -0.1) is 0 Å². The highest BCUT2D eigenvalue weighted by atomic mass is 32.1. The summed E-state index contributed by atoms with van der Waals surface area (Å²) in [7, 11) is 0. The highest BCUT2D eigenvalue weighted by Gasteiger charge is 2.31. The van der Waals surface area contributed by atoms with Crippen molar-refractivity contribution in [2.75, 3.05) is 18.0 Å². The average Bonchev–Trinajstić information content (AvgIpc) is 2.45. The largest absolute Gasteiger partial charge is 0.416 e. The van der Waals surface area contributed by atoms with Crippen molar-refractivity contribution in [1.29, 1.82) is 5.26 Å². The van der Waals surface area contributed by atoms with Gasteiger partial charge in [0.15, 0.2) is 5.11 Å². The van der Waals surface area contributed by atoms with E-state index in [1.54, 1.807) is 6.07 Å². The molecule has 0 saturated carbocycles. The number of nitrogens with one attached hydrogen (secondary N) is 1. The van der Waals surface area contributed by atoms with Crippen LogP contribution in [0.25, 0.3) is 0 Å². The lowest BCUT2D eigenvalue weighted by molar-refractivity contribution is -0.137.